The maximum absolute atomic E-state index is 13.8. The molecule has 3 rings (SSSR count). The van der Waals surface area contributed by atoms with E-state index in [1.54, 1.807) is 0 Å². The molecule has 0 unspecified atom stereocenters. The molecule has 0 bridgehead atoms. The van der Waals surface area contributed by atoms with Gasteiger partial charge in [-0.05, 0) is 36.4 Å². The fraction of sp³-hybridized carbons (Fsp3) is 0.176. The van der Waals surface area contributed by atoms with Crippen LogP contribution in [0.5, 0.6) is 0 Å². The minimum atomic E-state index is -0.722. The van der Waals surface area contributed by atoms with Crippen molar-refractivity contribution in [3.63, 3.8) is 0 Å². The van der Waals surface area contributed by atoms with E-state index in [1.807, 2.05) is 0 Å². The molecule has 1 heterocycles. The predicted molar refractivity (Wildman–Crippen MR) is 86.0 cm³/mol. The molecule has 24 heavy (non-hydrogen) atoms. The Morgan fingerprint density at radius 3 is 2.54 bits per heavy atom. The zero-order chi connectivity index (χ0) is 17.3. The third-order valence-corrected chi connectivity index (χ3v) is 4.10. The molecule has 7 heteroatoms. The second-order valence-corrected chi connectivity index (χ2v) is 5.86. The topological polar surface area (TPSA) is 49.4 Å². The number of nitrogens with one attached hydrogen (secondary N) is 1. The number of carbonyl (C=O) groups is 2. The summed E-state index contributed by atoms with van der Waals surface area (Å²) in [6.07, 6.45) is 0.0786. The van der Waals surface area contributed by atoms with E-state index in [0.717, 1.165) is 6.07 Å². The number of hydrogen-bond donors (Lipinski definition) is 1. The number of nitrogens with zero attached hydrogens (tertiary/aromatic N) is 1. The molecular weight excluding hydrogens is 338 g/mol. The van der Waals surface area contributed by atoms with Crippen LogP contribution >= 0.6 is 11.6 Å². The smallest absolute Gasteiger partial charge is 0.256 e. The van der Waals surface area contributed by atoms with Gasteiger partial charge in [-0.3, -0.25) is 9.59 Å². The van der Waals surface area contributed by atoms with E-state index in [4.69, 9.17) is 11.6 Å². The average molecular weight is 351 g/mol. The van der Waals surface area contributed by atoms with Crippen LogP contribution in [0.4, 0.5) is 14.5 Å². The molecule has 1 N–H and O–H groups in total. The van der Waals surface area contributed by atoms with Crippen LogP contribution in [-0.4, -0.2) is 24.4 Å². The van der Waals surface area contributed by atoms with Crippen molar-refractivity contribution in [2.75, 3.05) is 11.4 Å². The van der Waals surface area contributed by atoms with Crippen molar-refractivity contribution < 1.29 is 18.4 Å². The molecule has 0 saturated carbocycles. The van der Waals surface area contributed by atoms with Crippen molar-refractivity contribution in [2.45, 2.75) is 12.5 Å². The number of benzene rings is 2. The third-order valence-electron chi connectivity index (χ3n) is 3.79. The summed E-state index contributed by atoms with van der Waals surface area (Å²) >= 11 is 5.86. The quantitative estimate of drug-likeness (QED) is 0.924. The van der Waals surface area contributed by atoms with E-state index in [9.17, 15) is 18.4 Å². The highest BCUT2D eigenvalue weighted by Gasteiger charge is 2.32. The van der Waals surface area contributed by atoms with Gasteiger partial charge in [0.2, 0.25) is 5.91 Å². The van der Waals surface area contributed by atoms with E-state index >= 15 is 0 Å². The zero-order valence-corrected chi connectivity index (χ0v) is 13.2. The van der Waals surface area contributed by atoms with Gasteiger partial charge in [0.15, 0.2) is 0 Å². The lowest BCUT2D eigenvalue weighted by Gasteiger charge is -2.17. The Bertz CT molecular complexity index is 775. The van der Waals surface area contributed by atoms with Gasteiger partial charge in [-0.1, -0.05) is 17.7 Å². The van der Waals surface area contributed by atoms with Crippen LogP contribution < -0.4 is 10.2 Å². The molecule has 124 valence electrons. The van der Waals surface area contributed by atoms with Gasteiger partial charge in [0, 0.05) is 18.7 Å². The van der Waals surface area contributed by atoms with Crippen molar-refractivity contribution in [1.82, 2.24) is 5.32 Å². The number of anilines is 1. The van der Waals surface area contributed by atoms with E-state index in [-0.39, 0.29) is 29.5 Å². The third kappa shape index (κ3) is 3.23. The number of hydrogen-bond acceptors (Lipinski definition) is 2. The first-order valence-electron chi connectivity index (χ1n) is 7.26. The van der Waals surface area contributed by atoms with Crippen LogP contribution in [0.2, 0.25) is 5.02 Å². The van der Waals surface area contributed by atoms with E-state index < -0.39 is 23.6 Å². The van der Waals surface area contributed by atoms with E-state index in [2.05, 4.69) is 5.32 Å². The highest BCUT2D eigenvalue weighted by Crippen LogP contribution is 2.23. The molecular formula is C17H13ClF2N2O2. The molecule has 0 spiro atoms. The van der Waals surface area contributed by atoms with Gasteiger partial charge in [-0.15, -0.1) is 0 Å². The summed E-state index contributed by atoms with van der Waals surface area (Å²) in [6, 6.07) is 8.99. The summed E-state index contributed by atoms with van der Waals surface area (Å²) in [7, 11) is 0. The first kappa shape index (κ1) is 16.4. The van der Waals surface area contributed by atoms with Crippen LogP contribution in [0, 0.1) is 11.6 Å². The number of amides is 2. The molecule has 2 aromatic rings. The molecule has 1 atom stereocenters. The number of halogens is 3. The summed E-state index contributed by atoms with van der Waals surface area (Å²) in [5.74, 6) is -1.99. The Morgan fingerprint density at radius 2 is 1.88 bits per heavy atom. The minimum Gasteiger partial charge on any atom is -0.347 e. The highest BCUT2D eigenvalue weighted by molar-refractivity contribution is 6.33. The lowest BCUT2D eigenvalue weighted by molar-refractivity contribution is -0.117. The predicted octanol–water partition coefficient (Wildman–Crippen LogP) is 3.15. The van der Waals surface area contributed by atoms with Gasteiger partial charge in [0.25, 0.3) is 5.91 Å². The van der Waals surface area contributed by atoms with Crippen LogP contribution in [-0.2, 0) is 4.79 Å². The standard InChI is InChI=1S/C17H13ClF2N2O2/c18-13-2-1-3-14(20)16(13)17(24)21-11-8-15(23)22(9-11)12-6-4-10(19)5-7-12/h1-7,11H,8-9H2,(H,21,24)/t11-/m0/s1. The summed E-state index contributed by atoms with van der Waals surface area (Å²) in [4.78, 5) is 25.8. The Morgan fingerprint density at radius 1 is 1.17 bits per heavy atom. The highest BCUT2D eigenvalue weighted by atomic mass is 35.5. The SMILES string of the molecule is O=C(N[C@H]1CC(=O)N(c2ccc(F)cc2)C1)c1c(F)cccc1Cl. The van der Waals surface area contributed by atoms with E-state index in [0.29, 0.717) is 5.69 Å². The zero-order valence-electron chi connectivity index (χ0n) is 12.4. The lowest BCUT2D eigenvalue weighted by atomic mass is 10.1. The summed E-state index contributed by atoms with van der Waals surface area (Å²) in [5.41, 5.74) is 0.300. The van der Waals surface area contributed by atoms with Crippen molar-refractivity contribution in [2.24, 2.45) is 0 Å². The molecule has 0 aliphatic carbocycles. The fourth-order valence-electron chi connectivity index (χ4n) is 2.65. The van der Waals surface area contributed by atoms with Crippen molar-refractivity contribution in [1.29, 1.82) is 0 Å². The average Bonchev–Trinajstić information content (AvgIpc) is 2.88. The first-order valence-corrected chi connectivity index (χ1v) is 7.64. The summed E-state index contributed by atoms with van der Waals surface area (Å²) < 4.78 is 26.7. The summed E-state index contributed by atoms with van der Waals surface area (Å²) in [6.45, 7) is 0.224. The molecule has 1 aliphatic rings. The normalized spacial score (nSPS) is 17.2. The van der Waals surface area contributed by atoms with Crippen molar-refractivity contribution in [3.05, 3.63) is 64.7 Å². The molecule has 0 radical (unpaired) electrons. The van der Waals surface area contributed by atoms with Crippen LogP contribution in [0.3, 0.4) is 0 Å². The lowest BCUT2D eigenvalue weighted by Crippen LogP contribution is -2.37. The molecule has 0 aromatic heterocycles. The molecule has 2 amide bonds. The van der Waals surface area contributed by atoms with Gasteiger partial charge < -0.3 is 10.2 Å². The van der Waals surface area contributed by atoms with Crippen LogP contribution in [0.1, 0.15) is 16.8 Å². The van der Waals surface area contributed by atoms with Crippen molar-refractivity contribution >= 4 is 29.1 Å². The molecule has 4 nitrogen and oxygen atoms in total. The van der Waals surface area contributed by atoms with Gasteiger partial charge in [-0.25, -0.2) is 8.78 Å². The maximum atomic E-state index is 13.8. The fourth-order valence-corrected chi connectivity index (χ4v) is 2.90. The van der Waals surface area contributed by atoms with Gasteiger partial charge >= 0.3 is 0 Å². The second kappa shape index (κ2) is 6.57. The Kier molecular flexibility index (Phi) is 4.49. The largest absolute Gasteiger partial charge is 0.347 e. The van der Waals surface area contributed by atoms with E-state index in [1.165, 1.54) is 41.3 Å². The van der Waals surface area contributed by atoms with Crippen LogP contribution in [0.15, 0.2) is 42.5 Å². The number of carbonyl (C=O) groups excluding carboxylic acids is 2. The monoisotopic (exact) mass is 350 g/mol. The van der Waals surface area contributed by atoms with Gasteiger partial charge in [0.1, 0.15) is 11.6 Å². The van der Waals surface area contributed by atoms with Gasteiger partial charge in [0.05, 0.1) is 16.6 Å². The molecule has 2 aromatic carbocycles. The van der Waals surface area contributed by atoms with Crippen molar-refractivity contribution in [3.8, 4) is 0 Å². The van der Waals surface area contributed by atoms with Crippen LogP contribution in [0.25, 0.3) is 0 Å². The molecule has 1 fully saturated rings. The second-order valence-electron chi connectivity index (χ2n) is 5.45. The Balaban J connectivity index is 1.72. The Labute approximate surface area is 142 Å². The molecule has 1 aliphatic heterocycles. The van der Waals surface area contributed by atoms with Gasteiger partial charge in [-0.2, -0.15) is 0 Å². The first-order chi connectivity index (χ1) is 11.5. The number of rotatable bonds is 3. The molecule has 1 saturated heterocycles. The minimum absolute atomic E-state index is 0.00668. The summed E-state index contributed by atoms with van der Waals surface area (Å²) in [5, 5.41) is 2.63. The Hall–Kier alpha value is -2.47. The maximum Gasteiger partial charge on any atom is 0.256 e.